The zero-order chi connectivity index (χ0) is 14.7. The van der Waals surface area contributed by atoms with Gasteiger partial charge in [0, 0.05) is 6.04 Å². The van der Waals surface area contributed by atoms with Gasteiger partial charge in [0.2, 0.25) is 5.91 Å². The lowest BCUT2D eigenvalue weighted by Gasteiger charge is -2.12. The van der Waals surface area contributed by atoms with Crippen LogP contribution in [0, 0.1) is 17.6 Å². The fraction of sp³-hybridized carbons (Fsp3) is 0.429. The molecule has 0 spiro atoms. The molecule has 2 N–H and O–H groups in total. The molecule has 0 bridgehead atoms. The summed E-state index contributed by atoms with van der Waals surface area (Å²) in [5.74, 6) is -3.51. The molecule has 0 aliphatic heterocycles. The smallest absolute Gasteiger partial charge is 0.306 e. The molecular formula is C14H15F2NO3. The molecule has 6 heteroatoms. The topological polar surface area (TPSA) is 66.4 Å². The summed E-state index contributed by atoms with van der Waals surface area (Å²) >= 11 is 0. The van der Waals surface area contributed by atoms with Gasteiger partial charge in [0.15, 0.2) is 11.6 Å². The molecule has 1 aromatic carbocycles. The largest absolute Gasteiger partial charge is 0.481 e. The van der Waals surface area contributed by atoms with Crippen LogP contribution >= 0.6 is 0 Å². The second kappa shape index (κ2) is 5.98. The molecular weight excluding hydrogens is 268 g/mol. The number of halogens is 2. The Balaban J connectivity index is 1.87. The monoisotopic (exact) mass is 283 g/mol. The lowest BCUT2D eigenvalue weighted by atomic mass is 10.1. The summed E-state index contributed by atoms with van der Waals surface area (Å²) < 4.78 is 25.8. The standard InChI is InChI=1S/C14H15F2NO3/c15-11-4-1-8(5-12(11)16)6-13(18)17-10-3-2-9(7-10)14(19)20/h1,4-5,9-10H,2-3,6-7H2,(H,17,18)(H,19,20)/t9-,10+/m1/s1. The Hall–Kier alpha value is -1.98. The Morgan fingerprint density at radius 1 is 1.25 bits per heavy atom. The Labute approximate surface area is 114 Å². The van der Waals surface area contributed by atoms with Gasteiger partial charge in [0.1, 0.15) is 0 Å². The normalized spacial score (nSPS) is 21.7. The zero-order valence-electron chi connectivity index (χ0n) is 10.7. The van der Waals surface area contributed by atoms with E-state index < -0.39 is 23.5 Å². The minimum Gasteiger partial charge on any atom is -0.481 e. The van der Waals surface area contributed by atoms with Crippen LogP contribution in [-0.4, -0.2) is 23.0 Å². The van der Waals surface area contributed by atoms with E-state index in [-0.39, 0.29) is 18.4 Å². The van der Waals surface area contributed by atoms with Crippen LogP contribution < -0.4 is 5.32 Å². The van der Waals surface area contributed by atoms with Gasteiger partial charge in [0.05, 0.1) is 12.3 Å². The summed E-state index contributed by atoms with van der Waals surface area (Å²) in [6.45, 7) is 0. The van der Waals surface area contributed by atoms with Gasteiger partial charge in [-0.15, -0.1) is 0 Å². The molecule has 1 aliphatic carbocycles. The number of nitrogens with one attached hydrogen (secondary N) is 1. The number of aliphatic carboxylic acids is 1. The molecule has 0 radical (unpaired) electrons. The summed E-state index contributed by atoms with van der Waals surface area (Å²) in [4.78, 5) is 22.6. The highest BCUT2D eigenvalue weighted by atomic mass is 19.2. The first kappa shape index (κ1) is 14.4. The van der Waals surface area contributed by atoms with E-state index in [9.17, 15) is 18.4 Å². The molecule has 2 atom stereocenters. The van der Waals surface area contributed by atoms with Gasteiger partial charge >= 0.3 is 5.97 Å². The Morgan fingerprint density at radius 2 is 2.00 bits per heavy atom. The molecule has 0 heterocycles. The van der Waals surface area contributed by atoms with Crippen LogP contribution in [0.15, 0.2) is 18.2 Å². The van der Waals surface area contributed by atoms with Gasteiger partial charge in [-0.2, -0.15) is 0 Å². The number of hydrogen-bond acceptors (Lipinski definition) is 2. The molecule has 0 aromatic heterocycles. The maximum atomic E-state index is 13.0. The summed E-state index contributed by atoms with van der Waals surface area (Å²) in [5.41, 5.74) is 0.384. The van der Waals surface area contributed by atoms with Crippen molar-refractivity contribution in [1.82, 2.24) is 5.32 Å². The first-order valence-electron chi connectivity index (χ1n) is 6.42. The SMILES string of the molecule is O=C(Cc1ccc(F)c(F)c1)N[C@H]1CC[C@@H](C(=O)O)C1. The third-order valence-corrected chi connectivity index (χ3v) is 3.50. The Bertz CT molecular complexity index is 533. The number of carbonyl (C=O) groups is 2. The number of carboxylic acids is 1. The quantitative estimate of drug-likeness (QED) is 0.886. The maximum Gasteiger partial charge on any atom is 0.306 e. The second-order valence-electron chi connectivity index (χ2n) is 5.04. The molecule has 1 amide bonds. The number of hydrogen-bond donors (Lipinski definition) is 2. The van der Waals surface area contributed by atoms with Crippen molar-refractivity contribution in [3.8, 4) is 0 Å². The van der Waals surface area contributed by atoms with Crippen LogP contribution in [0.3, 0.4) is 0 Å². The zero-order valence-corrected chi connectivity index (χ0v) is 10.7. The summed E-state index contributed by atoms with van der Waals surface area (Å²) in [6, 6.07) is 3.17. The predicted octanol–water partition coefficient (Wildman–Crippen LogP) is 1.88. The molecule has 2 rings (SSSR count). The van der Waals surface area contributed by atoms with E-state index >= 15 is 0 Å². The van der Waals surface area contributed by atoms with Gasteiger partial charge in [-0.1, -0.05) is 6.07 Å². The van der Waals surface area contributed by atoms with Crippen molar-refractivity contribution in [1.29, 1.82) is 0 Å². The number of benzene rings is 1. The van der Waals surface area contributed by atoms with Gasteiger partial charge < -0.3 is 10.4 Å². The van der Waals surface area contributed by atoms with Gasteiger partial charge in [0.25, 0.3) is 0 Å². The van der Waals surface area contributed by atoms with E-state index in [4.69, 9.17) is 5.11 Å². The fourth-order valence-corrected chi connectivity index (χ4v) is 2.45. The van der Waals surface area contributed by atoms with E-state index in [1.807, 2.05) is 0 Å². The van der Waals surface area contributed by atoms with E-state index in [1.165, 1.54) is 6.07 Å². The third kappa shape index (κ3) is 3.53. The van der Waals surface area contributed by atoms with Crippen molar-refractivity contribution >= 4 is 11.9 Å². The van der Waals surface area contributed by atoms with Gasteiger partial charge in [-0.3, -0.25) is 9.59 Å². The second-order valence-corrected chi connectivity index (χ2v) is 5.04. The highest BCUT2D eigenvalue weighted by Gasteiger charge is 2.30. The van der Waals surface area contributed by atoms with E-state index in [1.54, 1.807) is 0 Å². The van der Waals surface area contributed by atoms with Gasteiger partial charge in [-0.25, -0.2) is 8.78 Å². The highest BCUT2D eigenvalue weighted by molar-refractivity contribution is 5.79. The summed E-state index contributed by atoms with van der Waals surface area (Å²) in [7, 11) is 0. The average molecular weight is 283 g/mol. The minimum atomic E-state index is -0.984. The van der Waals surface area contributed by atoms with Crippen LogP contribution in [-0.2, 0) is 16.0 Å². The van der Waals surface area contributed by atoms with Crippen molar-refractivity contribution in [2.24, 2.45) is 5.92 Å². The maximum absolute atomic E-state index is 13.0. The van der Waals surface area contributed by atoms with Crippen molar-refractivity contribution < 1.29 is 23.5 Å². The lowest BCUT2D eigenvalue weighted by molar-refractivity contribution is -0.141. The Morgan fingerprint density at radius 3 is 2.60 bits per heavy atom. The molecule has 0 unspecified atom stereocenters. The third-order valence-electron chi connectivity index (χ3n) is 3.50. The van der Waals surface area contributed by atoms with Crippen molar-refractivity contribution in [3.05, 3.63) is 35.4 Å². The first-order chi connectivity index (χ1) is 9.45. The van der Waals surface area contributed by atoms with E-state index in [0.717, 1.165) is 12.1 Å². The number of carboxylic acid groups (broad SMARTS) is 1. The molecule has 1 aliphatic rings. The van der Waals surface area contributed by atoms with Crippen molar-refractivity contribution in [2.75, 3.05) is 0 Å². The predicted molar refractivity (Wildman–Crippen MR) is 67.0 cm³/mol. The van der Waals surface area contributed by atoms with Crippen LogP contribution in [0.1, 0.15) is 24.8 Å². The van der Waals surface area contributed by atoms with E-state index in [2.05, 4.69) is 5.32 Å². The minimum absolute atomic E-state index is 0.0502. The Kier molecular flexibility index (Phi) is 4.32. The van der Waals surface area contributed by atoms with Crippen LogP contribution in [0.25, 0.3) is 0 Å². The molecule has 108 valence electrons. The highest BCUT2D eigenvalue weighted by Crippen LogP contribution is 2.25. The van der Waals surface area contributed by atoms with Crippen LogP contribution in [0.5, 0.6) is 0 Å². The number of amides is 1. The molecule has 1 aromatic rings. The van der Waals surface area contributed by atoms with Gasteiger partial charge in [-0.05, 0) is 37.0 Å². The van der Waals surface area contributed by atoms with E-state index in [0.29, 0.717) is 24.8 Å². The summed E-state index contributed by atoms with van der Waals surface area (Å²) in [6.07, 6.45) is 1.54. The van der Waals surface area contributed by atoms with Crippen molar-refractivity contribution in [2.45, 2.75) is 31.7 Å². The van der Waals surface area contributed by atoms with Crippen molar-refractivity contribution in [3.63, 3.8) is 0 Å². The number of rotatable bonds is 4. The lowest BCUT2D eigenvalue weighted by Crippen LogP contribution is -2.34. The van der Waals surface area contributed by atoms with Crippen LogP contribution in [0.2, 0.25) is 0 Å². The molecule has 1 fully saturated rings. The molecule has 20 heavy (non-hydrogen) atoms. The molecule has 0 saturated heterocycles. The fourth-order valence-electron chi connectivity index (χ4n) is 2.45. The molecule has 4 nitrogen and oxygen atoms in total. The number of carbonyl (C=O) groups excluding carboxylic acids is 1. The summed E-state index contributed by atoms with van der Waals surface area (Å²) in [5, 5.41) is 11.6. The average Bonchev–Trinajstić information content (AvgIpc) is 2.82. The molecule has 1 saturated carbocycles. The van der Waals surface area contributed by atoms with Crippen LogP contribution in [0.4, 0.5) is 8.78 Å². The first-order valence-corrected chi connectivity index (χ1v) is 6.42.